The number of nitrogens with one attached hydrogen (secondary N) is 1. The highest BCUT2D eigenvalue weighted by Crippen LogP contribution is 2.25. The lowest BCUT2D eigenvalue weighted by Crippen LogP contribution is -2.52. The van der Waals surface area contributed by atoms with Gasteiger partial charge in [0.15, 0.2) is 0 Å². The third-order valence-electron chi connectivity index (χ3n) is 4.00. The van der Waals surface area contributed by atoms with Gasteiger partial charge in [-0.3, -0.25) is 5.32 Å². The molecule has 0 aliphatic rings. The van der Waals surface area contributed by atoms with Crippen LogP contribution >= 0.6 is 0 Å². The van der Waals surface area contributed by atoms with E-state index in [2.05, 4.69) is 29.6 Å². The molecule has 0 spiro atoms. The van der Waals surface area contributed by atoms with Crippen molar-refractivity contribution < 1.29 is 10.2 Å². The predicted molar refractivity (Wildman–Crippen MR) is 85.1 cm³/mol. The zero-order valence-electron chi connectivity index (χ0n) is 12.4. The second-order valence-electron chi connectivity index (χ2n) is 5.35. The Morgan fingerprint density at radius 3 is 1.62 bits per heavy atom. The summed E-state index contributed by atoms with van der Waals surface area (Å²) < 4.78 is 0. The third kappa shape index (κ3) is 3.70. The van der Waals surface area contributed by atoms with Gasteiger partial charge in [0.1, 0.15) is 0 Å². The average Bonchev–Trinajstić information content (AvgIpc) is 2.58. The SMILES string of the molecule is CCC(CO)(CO)NC(c1ccccc1)c1ccccc1. The van der Waals surface area contributed by atoms with Gasteiger partial charge in [0.05, 0.1) is 24.8 Å². The molecule has 112 valence electrons. The lowest BCUT2D eigenvalue weighted by Gasteiger charge is -2.35. The van der Waals surface area contributed by atoms with Crippen molar-refractivity contribution in [2.45, 2.75) is 24.9 Å². The molecule has 0 fully saturated rings. The number of hydrogen-bond donors (Lipinski definition) is 3. The smallest absolute Gasteiger partial charge is 0.0652 e. The summed E-state index contributed by atoms with van der Waals surface area (Å²) in [5.74, 6) is 0. The van der Waals surface area contributed by atoms with Crippen LogP contribution in [0.4, 0.5) is 0 Å². The molecule has 0 aliphatic heterocycles. The maximum atomic E-state index is 9.70. The van der Waals surface area contributed by atoms with Crippen LogP contribution in [-0.2, 0) is 0 Å². The Hall–Kier alpha value is -1.68. The Kier molecular flexibility index (Phi) is 5.51. The van der Waals surface area contributed by atoms with Gasteiger partial charge in [-0.2, -0.15) is 0 Å². The van der Waals surface area contributed by atoms with E-state index in [0.29, 0.717) is 6.42 Å². The molecule has 0 saturated carbocycles. The van der Waals surface area contributed by atoms with Crippen LogP contribution in [0.1, 0.15) is 30.5 Å². The molecular formula is C18H23NO2. The molecule has 0 radical (unpaired) electrons. The van der Waals surface area contributed by atoms with E-state index in [0.717, 1.165) is 11.1 Å². The maximum absolute atomic E-state index is 9.70. The van der Waals surface area contributed by atoms with Gasteiger partial charge < -0.3 is 10.2 Å². The summed E-state index contributed by atoms with van der Waals surface area (Å²) >= 11 is 0. The van der Waals surface area contributed by atoms with Crippen LogP contribution in [0.3, 0.4) is 0 Å². The van der Waals surface area contributed by atoms with Crippen LogP contribution in [0.25, 0.3) is 0 Å². The number of hydrogen-bond acceptors (Lipinski definition) is 3. The molecule has 3 N–H and O–H groups in total. The minimum absolute atomic E-state index is 0.0633. The first-order chi connectivity index (χ1) is 10.2. The van der Waals surface area contributed by atoms with Crippen molar-refractivity contribution in [3.05, 3.63) is 71.8 Å². The molecule has 2 aromatic rings. The summed E-state index contributed by atoms with van der Waals surface area (Å²) in [6.45, 7) is 1.76. The summed E-state index contributed by atoms with van der Waals surface area (Å²) in [7, 11) is 0. The fourth-order valence-electron chi connectivity index (χ4n) is 2.42. The van der Waals surface area contributed by atoms with Crippen LogP contribution in [0.15, 0.2) is 60.7 Å². The van der Waals surface area contributed by atoms with Crippen LogP contribution < -0.4 is 5.32 Å². The first kappa shape index (κ1) is 15.7. The molecule has 0 heterocycles. The van der Waals surface area contributed by atoms with Crippen LogP contribution in [0.5, 0.6) is 0 Å². The van der Waals surface area contributed by atoms with E-state index >= 15 is 0 Å². The molecule has 2 aromatic carbocycles. The van der Waals surface area contributed by atoms with Crippen LogP contribution in [0.2, 0.25) is 0 Å². The van der Waals surface area contributed by atoms with E-state index in [1.54, 1.807) is 0 Å². The van der Waals surface area contributed by atoms with Crippen molar-refractivity contribution in [3.8, 4) is 0 Å². The normalized spacial score (nSPS) is 11.8. The number of aliphatic hydroxyl groups is 2. The van der Waals surface area contributed by atoms with Crippen molar-refractivity contribution in [2.75, 3.05) is 13.2 Å². The number of benzene rings is 2. The molecule has 0 aromatic heterocycles. The van der Waals surface area contributed by atoms with Crippen molar-refractivity contribution in [1.29, 1.82) is 0 Å². The Bertz CT molecular complexity index is 476. The molecule has 3 nitrogen and oxygen atoms in total. The van der Waals surface area contributed by atoms with Gasteiger partial charge in [-0.25, -0.2) is 0 Å². The standard InChI is InChI=1S/C18H23NO2/c1-2-18(13-20,14-21)19-17(15-9-5-3-6-10-15)16-11-7-4-8-12-16/h3-12,17,19-21H,2,13-14H2,1H3. The van der Waals surface area contributed by atoms with E-state index in [-0.39, 0.29) is 19.3 Å². The molecule has 0 bridgehead atoms. The summed E-state index contributed by atoms with van der Waals surface area (Å²) in [4.78, 5) is 0. The van der Waals surface area contributed by atoms with E-state index in [1.807, 2.05) is 43.3 Å². The van der Waals surface area contributed by atoms with Gasteiger partial charge in [-0.1, -0.05) is 67.6 Å². The molecule has 0 saturated heterocycles. The molecule has 0 atom stereocenters. The second kappa shape index (κ2) is 7.36. The Morgan fingerprint density at radius 1 is 0.857 bits per heavy atom. The van der Waals surface area contributed by atoms with Gasteiger partial charge in [0, 0.05) is 0 Å². The van der Waals surface area contributed by atoms with E-state index in [9.17, 15) is 10.2 Å². The molecule has 0 unspecified atom stereocenters. The second-order valence-corrected chi connectivity index (χ2v) is 5.35. The minimum atomic E-state index is -0.684. The summed E-state index contributed by atoms with van der Waals surface area (Å²) in [5, 5.41) is 22.8. The zero-order valence-corrected chi connectivity index (χ0v) is 12.4. The summed E-state index contributed by atoms with van der Waals surface area (Å²) in [6, 6.07) is 20.1. The van der Waals surface area contributed by atoms with Crippen molar-refractivity contribution in [1.82, 2.24) is 5.32 Å². The molecule has 0 aliphatic carbocycles. The highest BCUT2D eigenvalue weighted by molar-refractivity contribution is 5.32. The first-order valence-electron chi connectivity index (χ1n) is 7.34. The Labute approximate surface area is 126 Å². The Balaban J connectivity index is 2.38. The molecule has 2 rings (SSSR count). The third-order valence-corrected chi connectivity index (χ3v) is 4.00. The predicted octanol–water partition coefficient (Wildman–Crippen LogP) is 2.50. The van der Waals surface area contributed by atoms with Crippen LogP contribution in [0, 0.1) is 0 Å². The molecular weight excluding hydrogens is 262 g/mol. The maximum Gasteiger partial charge on any atom is 0.0652 e. The highest BCUT2D eigenvalue weighted by Gasteiger charge is 2.30. The van der Waals surface area contributed by atoms with E-state index in [4.69, 9.17) is 0 Å². The van der Waals surface area contributed by atoms with Gasteiger partial charge in [-0.15, -0.1) is 0 Å². The van der Waals surface area contributed by atoms with E-state index < -0.39 is 5.54 Å². The molecule has 3 heteroatoms. The van der Waals surface area contributed by atoms with Crippen LogP contribution in [-0.4, -0.2) is 29.0 Å². The molecule has 21 heavy (non-hydrogen) atoms. The first-order valence-corrected chi connectivity index (χ1v) is 7.34. The van der Waals surface area contributed by atoms with Gasteiger partial charge in [0.25, 0.3) is 0 Å². The zero-order chi connectivity index (χ0) is 15.1. The number of rotatable bonds is 7. The molecule has 0 amide bonds. The summed E-state index contributed by atoms with van der Waals surface area (Å²) in [6.07, 6.45) is 0.649. The van der Waals surface area contributed by atoms with Crippen molar-refractivity contribution in [2.24, 2.45) is 0 Å². The fourth-order valence-corrected chi connectivity index (χ4v) is 2.42. The average molecular weight is 285 g/mol. The quantitative estimate of drug-likeness (QED) is 0.732. The lowest BCUT2D eigenvalue weighted by atomic mass is 9.91. The Morgan fingerprint density at radius 2 is 1.29 bits per heavy atom. The van der Waals surface area contributed by atoms with Gasteiger partial charge >= 0.3 is 0 Å². The topological polar surface area (TPSA) is 52.5 Å². The van der Waals surface area contributed by atoms with Gasteiger partial charge in [-0.05, 0) is 17.5 Å². The highest BCUT2D eigenvalue weighted by atomic mass is 16.3. The monoisotopic (exact) mass is 285 g/mol. The fraction of sp³-hybridized carbons (Fsp3) is 0.333. The number of aliphatic hydroxyl groups excluding tert-OH is 2. The van der Waals surface area contributed by atoms with Crippen molar-refractivity contribution >= 4 is 0 Å². The lowest BCUT2D eigenvalue weighted by molar-refractivity contribution is 0.0813. The minimum Gasteiger partial charge on any atom is -0.394 e. The van der Waals surface area contributed by atoms with E-state index in [1.165, 1.54) is 0 Å². The van der Waals surface area contributed by atoms with Crippen molar-refractivity contribution in [3.63, 3.8) is 0 Å². The summed E-state index contributed by atoms with van der Waals surface area (Å²) in [5.41, 5.74) is 1.54. The van der Waals surface area contributed by atoms with Gasteiger partial charge in [0.2, 0.25) is 0 Å². The largest absolute Gasteiger partial charge is 0.394 e.